The Balaban J connectivity index is 1.89. The average molecular weight is 291 g/mol. The number of rotatable bonds is 4. The maximum atomic E-state index is 12.2. The fraction of sp³-hybridized carbons (Fsp3) is 0.588. The van der Waals surface area contributed by atoms with E-state index in [0.29, 0.717) is 6.54 Å². The Morgan fingerprint density at radius 2 is 2.24 bits per heavy atom. The van der Waals surface area contributed by atoms with Crippen LogP contribution in [0.5, 0.6) is 5.75 Å². The highest BCUT2D eigenvalue weighted by Gasteiger charge is 2.26. The molecule has 1 amide bonds. The summed E-state index contributed by atoms with van der Waals surface area (Å²) in [4.78, 5) is 14.0. The quantitative estimate of drug-likeness (QED) is 0.926. The van der Waals surface area contributed by atoms with Gasteiger partial charge in [-0.1, -0.05) is 17.7 Å². The molecule has 2 rings (SSSR count). The standard InChI is InChI=1S/C17H25NO3/c1-12-6-7-16(13(2)9-12)21-11-17(20)18-8-4-5-15(10-18)14(3)19/h6-7,9,14-15,19H,4-5,8,10-11H2,1-3H3. The second-order valence-corrected chi connectivity index (χ2v) is 6.04. The molecule has 4 heteroatoms. The first-order valence-corrected chi connectivity index (χ1v) is 7.63. The molecular formula is C17H25NO3. The lowest BCUT2D eigenvalue weighted by atomic mass is 9.93. The topological polar surface area (TPSA) is 49.8 Å². The summed E-state index contributed by atoms with van der Waals surface area (Å²) >= 11 is 0. The molecule has 0 bridgehead atoms. The van der Waals surface area contributed by atoms with Crippen LogP contribution in [-0.4, -0.2) is 41.7 Å². The predicted molar refractivity (Wildman–Crippen MR) is 82.4 cm³/mol. The van der Waals surface area contributed by atoms with E-state index < -0.39 is 0 Å². The Bertz CT molecular complexity index is 499. The lowest BCUT2D eigenvalue weighted by Gasteiger charge is -2.34. The number of carbonyl (C=O) groups is 1. The maximum Gasteiger partial charge on any atom is 0.260 e. The van der Waals surface area contributed by atoms with E-state index >= 15 is 0 Å². The van der Waals surface area contributed by atoms with Crippen LogP contribution in [0.1, 0.15) is 30.9 Å². The van der Waals surface area contributed by atoms with E-state index in [4.69, 9.17) is 4.74 Å². The van der Waals surface area contributed by atoms with Crippen molar-refractivity contribution in [2.24, 2.45) is 5.92 Å². The van der Waals surface area contributed by atoms with Crippen LogP contribution in [0.15, 0.2) is 18.2 Å². The van der Waals surface area contributed by atoms with E-state index in [1.165, 1.54) is 5.56 Å². The van der Waals surface area contributed by atoms with Crippen molar-refractivity contribution in [3.8, 4) is 5.75 Å². The molecule has 4 nitrogen and oxygen atoms in total. The van der Waals surface area contributed by atoms with Crippen molar-refractivity contribution in [3.05, 3.63) is 29.3 Å². The Morgan fingerprint density at radius 3 is 2.90 bits per heavy atom. The van der Waals surface area contributed by atoms with E-state index in [0.717, 1.165) is 30.7 Å². The largest absolute Gasteiger partial charge is 0.484 e. The molecule has 1 N–H and O–H groups in total. The van der Waals surface area contributed by atoms with Gasteiger partial charge in [0.15, 0.2) is 6.61 Å². The number of likely N-dealkylation sites (tertiary alicyclic amines) is 1. The lowest BCUT2D eigenvalue weighted by molar-refractivity contribution is -0.136. The average Bonchev–Trinajstić information content (AvgIpc) is 2.46. The van der Waals surface area contributed by atoms with Gasteiger partial charge in [-0.25, -0.2) is 0 Å². The van der Waals surface area contributed by atoms with Gasteiger partial charge in [0.1, 0.15) is 5.75 Å². The number of aliphatic hydroxyl groups excluding tert-OH is 1. The van der Waals surface area contributed by atoms with Crippen LogP contribution in [0.3, 0.4) is 0 Å². The third kappa shape index (κ3) is 4.21. The van der Waals surface area contributed by atoms with Crippen molar-refractivity contribution in [2.45, 2.75) is 39.7 Å². The number of benzene rings is 1. The summed E-state index contributed by atoms with van der Waals surface area (Å²) in [7, 11) is 0. The van der Waals surface area contributed by atoms with Gasteiger partial charge in [-0.3, -0.25) is 4.79 Å². The SMILES string of the molecule is Cc1ccc(OCC(=O)N2CCCC(C(C)O)C2)c(C)c1. The van der Waals surface area contributed by atoms with Crippen molar-refractivity contribution in [1.82, 2.24) is 4.90 Å². The van der Waals surface area contributed by atoms with Crippen molar-refractivity contribution in [1.29, 1.82) is 0 Å². The third-order valence-electron chi connectivity index (χ3n) is 4.17. The van der Waals surface area contributed by atoms with E-state index in [1.807, 2.05) is 36.9 Å². The number of carbonyl (C=O) groups excluding carboxylic acids is 1. The van der Waals surface area contributed by atoms with E-state index in [9.17, 15) is 9.90 Å². The van der Waals surface area contributed by atoms with Gasteiger partial charge in [-0.15, -0.1) is 0 Å². The number of nitrogens with zero attached hydrogens (tertiary/aromatic N) is 1. The normalized spacial score (nSPS) is 20.2. The van der Waals surface area contributed by atoms with Crippen LogP contribution in [0.4, 0.5) is 0 Å². The summed E-state index contributed by atoms with van der Waals surface area (Å²) < 4.78 is 5.65. The van der Waals surface area contributed by atoms with Gasteiger partial charge >= 0.3 is 0 Å². The summed E-state index contributed by atoms with van der Waals surface area (Å²) in [5.41, 5.74) is 2.23. The first-order chi connectivity index (χ1) is 9.97. The molecule has 0 aliphatic carbocycles. The molecule has 0 spiro atoms. The van der Waals surface area contributed by atoms with Gasteiger partial charge in [0.05, 0.1) is 6.10 Å². The Kier molecular flexibility index (Phi) is 5.23. The van der Waals surface area contributed by atoms with Crippen LogP contribution in [0.2, 0.25) is 0 Å². The lowest BCUT2D eigenvalue weighted by Crippen LogP contribution is -2.44. The predicted octanol–water partition coefficient (Wildman–Crippen LogP) is 2.30. The molecule has 0 aromatic heterocycles. The van der Waals surface area contributed by atoms with Crippen LogP contribution in [-0.2, 0) is 4.79 Å². The molecule has 0 saturated carbocycles. The minimum Gasteiger partial charge on any atom is -0.484 e. The first-order valence-electron chi connectivity index (χ1n) is 7.63. The summed E-state index contributed by atoms with van der Waals surface area (Å²) in [5.74, 6) is 0.946. The molecule has 21 heavy (non-hydrogen) atoms. The monoisotopic (exact) mass is 291 g/mol. The van der Waals surface area contributed by atoms with Crippen LogP contribution < -0.4 is 4.74 Å². The van der Waals surface area contributed by atoms with Crippen LogP contribution in [0.25, 0.3) is 0 Å². The van der Waals surface area contributed by atoms with Gasteiger partial charge in [-0.05, 0) is 45.2 Å². The molecule has 2 atom stereocenters. The second-order valence-electron chi connectivity index (χ2n) is 6.04. The molecule has 1 fully saturated rings. The third-order valence-corrected chi connectivity index (χ3v) is 4.17. The zero-order chi connectivity index (χ0) is 15.4. The zero-order valence-corrected chi connectivity index (χ0v) is 13.1. The highest BCUT2D eigenvalue weighted by atomic mass is 16.5. The number of piperidine rings is 1. The molecular weight excluding hydrogens is 266 g/mol. The smallest absolute Gasteiger partial charge is 0.260 e. The highest BCUT2D eigenvalue weighted by molar-refractivity contribution is 5.78. The number of ether oxygens (including phenoxy) is 1. The fourth-order valence-corrected chi connectivity index (χ4v) is 2.82. The number of aliphatic hydroxyl groups is 1. The second kappa shape index (κ2) is 6.94. The molecule has 2 unspecified atom stereocenters. The Labute approximate surface area is 126 Å². The number of hydrogen-bond donors (Lipinski definition) is 1. The van der Waals surface area contributed by atoms with Gasteiger partial charge in [-0.2, -0.15) is 0 Å². The molecule has 1 aliphatic rings. The van der Waals surface area contributed by atoms with Crippen LogP contribution >= 0.6 is 0 Å². The van der Waals surface area contributed by atoms with Gasteiger partial charge in [0.2, 0.25) is 0 Å². The molecule has 1 aliphatic heterocycles. The van der Waals surface area contributed by atoms with E-state index in [1.54, 1.807) is 6.92 Å². The van der Waals surface area contributed by atoms with E-state index in [2.05, 4.69) is 0 Å². The zero-order valence-electron chi connectivity index (χ0n) is 13.1. The van der Waals surface area contributed by atoms with Gasteiger partial charge in [0, 0.05) is 19.0 Å². The molecule has 1 aromatic rings. The van der Waals surface area contributed by atoms with Gasteiger partial charge in [0.25, 0.3) is 5.91 Å². The maximum absolute atomic E-state index is 12.2. The Morgan fingerprint density at radius 1 is 1.48 bits per heavy atom. The number of amides is 1. The molecule has 1 heterocycles. The molecule has 0 radical (unpaired) electrons. The molecule has 1 aromatic carbocycles. The van der Waals surface area contributed by atoms with Crippen LogP contribution in [0, 0.1) is 19.8 Å². The summed E-state index contributed by atoms with van der Waals surface area (Å²) in [6.07, 6.45) is 1.57. The van der Waals surface area contributed by atoms with Crippen molar-refractivity contribution in [2.75, 3.05) is 19.7 Å². The van der Waals surface area contributed by atoms with E-state index in [-0.39, 0.29) is 24.5 Å². The Hall–Kier alpha value is -1.55. The minimum atomic E-state index is -0.360. The molecule has 1 saturated heterocycles. The summed E-state index contributed by atoms with van der Waals surface area (Å²) in [5, 5.41) is 9.68. The van der Waals surface area contributed by atoms with Crippen molar-refractivity contribution >= 4 is 5.91 Å². The van der Waals surface area contributed by atoms with Crippen molar-refractivity contribution in [3.63, 3.8) is 0 Å². The highest BCUT2D eigenvalue weighted by Crippen LogP contribution is 2.21. The number of hydrogen-bond acceptors (Lipinski definition) is 3. The fourth-order valence-electron chi connectivity index (χ4n) is 2.82. The van der Waals surface area contributed by atoms with Crippen molar-refractivity contribution < 1.29 is 14.6 Å². The summed E-state index contributed by atoms with van der Waals surface area (Å²) in [6.45, 7) is 7.27. The summed E-state index contributed by atoms with van der Waals surface area (Å²) in [6, 6.07) is 5.94. The number of aryl methyl sites for hydroxylation is 2. The van der Waals surface area contributed by atoms with Gasteiger partial charge < -0.3 is 14.7 Å². The molecule has 116 valence electrons. The first kappa shape index (κ1) is 15.8. The minimum absolute atomic E-state index is 0.000301.